The Morgan fingerprint density at radius 3 is 2.00 bits per heavy atom. The van der Waals surface area contributed by atoms with Crippen LogP contribution in [0.1, 0.15) is 22.7 Å². The van der Waals surface area contributed by atoms with E-state index >= 15 is 0 Å². The first-order chi connectivity index (χ1) is 11.9. The number of benzene rings is 1. The molecule has 0 aromatic heterocycles. The molecule has 3 nitrogen and oxygen atoms in total. The molecular formula is C15H16F8N2O. The second-order valence-corrected chi connectivity index (χ2v) is 5.91. The summed E-state index contributed by atoms with van der Waals surface area (Å²) < 4.78 is 107. The van der Waals surface area contributed by atoms with Crippen LogP contribution in [0.15, 0.2) is 18.2 Å². The average Bonchev–Trinajstić information content (AvgIpc) is 2.54. The molecule has 0 amide bonds. The van der Waals surface area contributed by atoms with E-state index in [-0.39, 0.29) is 44.4 Å². The molecule has 26 heavy (non-hydrogen) atoms. The zero-order valence-corrected chi connectivity index (χ0v) is 13.3. The number of piperazine rings is 1. The van der Waals surface area contributed by atoms with Crippen LogP contribution in [0.3, 0.4) is 0 Å². The van der Waals surface area contributed by atoms with E-state index in [1.165, 1.54) is 0 Å². The lowest BCUT2D eigenvalue weighted by Crippen LogP contribution is -2.51. The molecule has 1 aliphatic rings. The summed E-state index contributed by atoms with van der Waals surface area (Å²) in [6.07, 6.45) is -10.1. The molecule has 1 aromatic rings. The van der Waals surface area contributed by atoms with Crippen molar-refractivity contribution in [1.29, 1.82) is 0 Å². The molecule has 1 atom stereocenters. The van der Waals surface area contributed by atoms with E-state index < -0.39 is 47.6 Å². The summed E-state index contributed by atoms with van der Waals surface area (Å²) in [7, 11) is 0. The largest absolute Gasteiger partial charge is 0.416 e. The summed E-state index contributed by atoms with van der Waals surface area (Å²) in [5.41, 5.74) is -4.25. The smallest absolute Gasteiger partial charge is 0.390 e. The summed E-state index contributed by atoms with van der Waals surface area (Å²) >= 11 is 0. The number of nitrogens with one attached hydrogen (secondary N) is 1. The maximum Gasteiger partial charge on any atom is 0.416 e. The molecule has 2 rings (SSSR count). The number of hydrogen-bond donors (Lipinski definition) is 2. The van der Waals surface area contributed by atoms with Gasteiger partial charge in [0.2, 0.25) is 0 Å². The Morgan fingerprint density at radius 2 is 1.54 bits per heavy atom. The number of aliphatic hydroxyl groups is 1. The maximum absolute atomic E-state index is 14.3. The number of aliphatic hydroxyl groups excluding tert-OH is 1. The van der Waals surface area contributed by atoms with E-state index in [9.17, 15) is 35.1 Å². The van der Waals surface area contributed by atoms with Gasteiger partial charge in [-0.05, 0) is 23.8 Å². The van der Waals surface area contributed by atoms with Crippen molar-refractivity contribution in [3.8, 4) is 0 Å². The molecule has 0 unspecified atom stereocenters. The Kier molecular flexibility index (Phi) is 5.83. The lowest BCUT2D eigenvalue weighted by atomic mass is 9.91. The molecule has 1 aromatic carbocycles. The lowest BCUT2D eigenvalue weighted by molar-refractivity contribution is -0.147. The van der Waals surface area contributed by atoms with Gasteiger partial charge < -0.3 is 10.4 Å². The Hall–Kier alpha value is -1.46. The number of nitrogens with zero attached hydrogens (tertiary/aromatic N) is 1. The van der Waals surface area contributed by atoms with Crippen molar-refractivity contribution >= 4 is 0 Å². The molecule has 0 bridgehead atoms. The molecule has 1 aliphatic heterocycles. The van der Waals surface area contributed by atoms with E-state index in [0.29, 0.717) is 0 Å². The molecule has 2 N–H and O–H groups in total. The quantitative estimate of drug-likeness (QED) is 0.772. The lowest BCUT2D eigenvalue weighted by Gasteiger charge is -2.39. The third-order valence-electron chi connectivity index (χ3n) is 4.11. The first-order valence-corrected chi connectivity index (χ1v) is 7.59. The van der Waals surface area contributed by atoms with Crippen molar-refractivity contribution < 1.29 is 40.2 Å². The van der Waals surface area contributed by atoms with Gasteiger partial charge in [-0.15, -0.1) is 0 Å². The van der Waals surface area contributed by atoms with E-state index in [2.05, 4.69) is 5.32 Å². The van der Waals surface area contributed by atoms with E-state index in [1.54, 1.807) is 0 Å². The molecule has 0 radical (unpaired) electrons. The third-order valence-corrected chi connectivity index (χ3v) is 4.11. The normalized spacial score (nSPS) is 18.8. The summed E-state index contributed by atoms with van der Waals surface area (Å²) in [4.78, 5) is 0.956. The average molecular weight is 392 g/mol. The molecule has 0 saturated carbocycles. The van der Waals surface area contributed by atoms with Crippen LogP contribution in [0.4, 0.5) is 35.1 Å². The first-order valence-electron chi connectivity index (χ1n) is 7.59. The van der Waals surface area contributed by atoms with Crippen LogP contribution in [0.5, 0.6) is 0 Å². The second-order valence-electron chi connectivity index (χ2n) is 5.91. The van der Waals surface area contributed by atoms with Gasteiger partial charge in [-0.1, -0.05) is 0 Å². The fourth-order valence-electron chi connectivity index (χ4n) is 2.94. The minimum atomic E-state index is -5.13. The minimum absolute atomic E-state index is 0.0963. The predicted molar refractivity (Wildman–Crippen MR) is 75.7 cm³/mol. The van der Waals surface area contributed by atoms with Gasteiger partial charge in [-0.3, -0.25) is 4.90 Å². The van der Waals surface area contributed by atoms with Crippen molar-refractivity contribution in [2.45, 2.75) is 24.3 Å². The van der Waals surface area contributed by atoms with Crippen LogP contribution in [-0.4, -0.2) is 48.7 Å². The Bertz CT molecular complexity index is 623. The molecule has 0 spiro atoms. The predicted octanol–water partition coefficient (Wildman–Crippen LogP) is 3.30. The zero-order valence-electron chi connectivity index (χ0n) is 13.3. The van der Waals surface area contributed by atoms with Crippen molar-refractivity contribution in [3.05, 3.63) is 34.9 Å². The van der Waals surface area contributed by atoms with Gasteiger partial charge in [0.15, 0.2) is 0 Å². The van der Waals surface area contributed by atoms with Gasteiger partial charge >= 0.3 is 12.4 Å². The third kappa shape index (κ3) is 4.44. The first kappa shape index (κ1) is 20.8. The van der Waals surface area contributed by atoms with Gasteiger partial charge in [0.05, 0.1) is 11.1 Å². The highest BCUT2D eigenvalue weighted by Crippen LogP contribution is 2.44. The number of hydrogen-bond acceptors (Lipinski definition) is 3. The Morgan fingerprint density at radius 1 is 0.962 bits per heavy atom. The summed E-state index contributed by atoms with van der Waals surface area (Å²) in [6.45, 7) is -1.65. The van der Waals surface area contributed by atoms with E-state index in [4.69, 9.17) is 5.11 Å². The zero-order chi connectivity index (χ0) is 19.8. The van der Waals surface area contributed by atoms with Crippen LogP contribution in [0, 0.1) is 0 Å². The van der Waals surface area contributed by atoms with Crippen LogP contribution in [0.2, 0.25) is 0 Å². The molecule has 0 aliphatic carbocycles. The summed E-state index contributed by atoms with van der Waals surface area (Å²) in [5, 5.41) is 11.8. The Labute approximate surface area is 143 Å². The molecule has 1 fully saturated rings. The Balaban J connectivity index is 2.67. The van der Waals surface area contributed by atoms with E-state index in [0.717, 1.165) is 4.90 Å². The minimum Gasteiger partial charge on any atom is -0.390 e. The fourth-order valence-corrected chi connectivity index (χ4v) is 2.94. The van der Waals surface area contributed by atoms with Gasteiger partial charge in [0, 0.05) is 26.2 Å². The molecular weight excluding hydrogens is 376 g/mol. The molecule has 1 saturated heterocycles. The molecule has 1 heterocycles. The molecule has 148 valence electrons. The topological polar surface area (TPSA) is 35.5 Å². The van der Waals surface area contributed by atoms with Gasteiger partial charge in [0.1, 0.15) is 12.6 Å². The van der Waals surface area contributed by atoms with Crippen LogP contribution in [0.25, 0.3) is 0 Å². The van der Waals surface area contributed by atoms with Crippen molar-refractivity contribution in [2.24, 2.45) is 0 Å². The fraction of sp³-hybridized carbons (Fsp3) is 0.600. The van der Waals surface area contributed by atoms with Crippen LogP contribution in [-0.2, 0) is 12.4 Å². The highest BCUT2D eigenvalue weighted by atomic mass is 19.4. The van der Waals surface area contributed by atoms with Crippen LogP contribution >= 0.6 is 0 Å². The van der Waals surface area contributed by atoms with Gasteiger partial charge in [0.25, 0.3) is 5.92 Å². The standard InChI is InChI=1S/C15H16F8N2O/c16-13(17,8-26)12(25-5-3-24-4-6-25)10-7-9(14(18,19)20)1-2-11(10)15(21,22)23/h1-2,7,12,24,26H,3-6,8H2/t12-/m0/s1. The number of halogens is 8. The molecule has 11 heteroatoms. The van der Waals surface area contributed by atoms with Crippen molar-refractivity contribution in [2.75, 3.05) is 32.8 Å². The number of rotatable bonds is 4. The maximum atomic E-state index is 14.3. The van der Waals surface area contributed by atoms with Gasteiger partial charge in [-0.2, -0.15) is 26.3 Å². The van der Waals surface area contributed by atoms with Crippen molar-refractivity contribution in [1.82, 2.24) is 10.2 Å². The van der Waals surface area contributed by atoms with Crippen LogP contribution < -0.4 is 5.32 Å². The summed E-state index contributed by atoms with van der Waals surface area (Å²) in [5.74, 6) is -4.07. The van der Waals surface area contributed by atoms with Gasteiger partial charge in [-0.25, -0.2) is 8.78 Å². The highest BCUT2D eigenvalue weighted by Gasteiger charge is 2.48. The van der Waals surface area contributed by atoms with Crippen molar-refractivity contribution in [3.63, 3.8) is 0 Å². The highest BCUT2D eigenvalue weighted by molar-refractivity contribution is 5.39. The SMILES string of the molecule is OCC(F)(F)[C@H](c1cc(C(F)(F)F)ccc1C(F)(F)F)N1CCNCC1. The monoisotopic (exact) mass is 392 g/mol. The summed E-state index contributed by atoms with van der Waals surface area (Å²) in [6, 6.07) is -1.88. The second kappa shape index (κ2) is 7.28. The number of alkyl halides is 8. The van der Waals surface area contributed by atoms with E-state index in [1.807, 2.05) is 0 Å².